The van der Waals surface area contributed by atoms with Crippen LogP contribution in [0.1, 0.15) is 0 Å². The number of ether oxygens (including phenoxy) is 1. The zero-order valence-corrected chi connectivity index (χ0v) is 13.5. The molecule has 2 saturated heterocycles. The second-order valence-electron chi connectivity index (χ2n) is 5.74. The molecule has 1 amide bonds. The lowest BCUT2D eigenvalue weighted by molar-refractivity contribution is -0.133. The van der Waals surface area contributed by atoms with Crippen LogP contribution in [0.25, 0.3) is 0 Å². The quantitative estimate of drug-likeness (QED) is 0.840. The number of benzene rings is 1. The predicted molar refractivity (Wildman–Crippen MR) is 87.5 cm³/mol. The van der Waals surface area contributed by atoms with E-state index in [1.165, 1.54) is 0 Å². The van der Waals surface area contributed by atoms with Crippen molar-refractivity contribution in [3.05, 3.63) is 29.3 Å². The van der Waals surface area contributed by atoms with Crippen molar-refractivity contribution in [3.8, 4) is 0 Å². The van der Waals surface area contributed by atoms with E-state index in [0.29, 0.717) is 6.54 Å². The number of piperazine rings is 1. The molecule has 0 aromatic heterocycles. The summed E-state index contributed by atoms with van der Waals surface area (Å²) in [6, 6.07) is 7.89. The summed E-state index contributed by atoms with van der Waals surface area (Å²) in [5.74, 6) is 0.229. The molecule has 1 aromatic rings. The summed E-state index contributed by atoms with van der Waals surface area (Å²) < 4.78 is 5.32. The van der Waals surface area contributed by atoms with Crippen LogP contribution in [0.5, 0.6) is 0 Å². The van der Waals surface area contributed by atoms with Crippen molar-refractivity contribution in [1.29, 1.82) is 0 Å². The Balaban J connectivity index is 1.49. The molecule has 2 heterocycles. The Labute approximate surface area is 136 Å². The Morgan fingerprint density at radius 3 is 2.50 bits per heavy atom. The topological polar surface area (TPSA) is 36.0 Å². The van der Waals surface area contributed by atoms with Gasteiger partial charge < -0.3 is 14.5 Å². The van der Waals surface area contributed by atoms with Crippen LogP contribution in [-0.4, -0.2) is 74.7 Å². The van der Waals surface area contributed by atoms with Crippen molar-refractivity contribution in [2.75, 3.05) is 63.9 Å². The molecule has 0 N–H and O–H groups in total. The van der Waals surface area contributed by atoms with Gasteiger partial charge in [0.15, 0.2) is 0 Å². The number of hydrogen-bond acceptors (Lipinski definition) is 4. The Hall–Kier alpha value is -1.30. The normalized spacial score (nSPS) is 20.2. The molecule has 5 nitrogen and oxygen atoms in total. The maximum atomic E-state index is 12.4. The van der Waals surface area contributed by atoms with Gasteiger partial charge in [0.25, 0.3) is 0 Å². The third-order valence-electron chi connectivity index (χ3n) is 4.27. The number of amides is 1. The highest BCUT2D eigenvalue weighted by Gasteiger charge is 2.23. The molecular formula is C16H22ClN3O2. The van der Waals surface area contributed by atoms with Gasteiger partial charge in [0, 0.05) is 50.0 Å². The summed E-state index contributed by atoms with van der Waals surface area (Å²) in [5.41, 5.74) is 1.13. The number of carbonyl (C=O) groups is 1. The third-order valence-corrected chi connectivity index (χ3v) is 4.50. The van der Waals surface area contributed by atoms with Gasteiger partial charge in [0.05, 0.1) is 19.8 Å². The first-order chi connectivity index (χ1) is 10.7. The van der Waals surface area contributed by atoms with Crippen LogP contribution in [0.4, 0.5) is 5.69 Å². The molecule has 22 heavy (non-hydrogen) atoms. The SMILES string of the molecule is O=C(CN1CCOCC1)N1CCN(c2cccc(Cl)c2)CC1. The van der Waals surface area contributed by atoms with Gasteiger partial charge in [0.2, 0.25) is 5.91 Å². The first kappa shape index (κ1) is 15.6. The fraction of sp³-hybridized carbons (Fsp3) is 0.562. The molecule has 0 bridgehead atoms. The van der Waals surface area contributed by atoms with E-state index in [2.05, 4.69) is 15.9 Å². The van der Waals surface area contributed by atoms with Crippen LogP contribution in [0.3, 0.4) is 0 Å². The predicted octanol–water partition coefficient (Wildman–Crippen LogP) is 1.32. The highest BCUT2D eigenvalue weighted by atomic mass is 35.5. The Kier molecular flexibility index (Phi) is 5.18. The van der Waals surface area contributed by atoms with Crippen LogP contribution in [0.15, 0.2) is 24.3 Å². The number of anilines is 1. The molecule has 0 unspecified atom stereocenters. The molecule has 2 aliphatic rings. The molecule has 2 aliphatic heterocycles. The number of nitrogens with zero attached hydrogens (tertiary/aromatic N) is 3. The van der Waals surface area contributed by atoms with Gasteiger partial charge >= 0.3 is 0 Å². The number of halogens is 1. The van der Waals surface area contributed by atoms with Crippen LogP contribution in [-0.2, 0) is 9.53 Å². The van der Waals surface area contributed by atoms with Crippen molar-refractivity contribution >= 4 is 23.2 Å². The summed E-state index contributed by atoms with van der Waals surface area (Å²) in [5, 5.41) is 0.753. The first-order valence-corrected chi connectivity index (χ1v) is 8.18. The Bertz CT molecular complexity index is 512. The van der Waals surface area contributed by atoms with Gasteiger partial charge in [-0.05, 0) is 18.2 Å². The summed E-state index contributed by atoms with van der Waals surface area (Å²) in [6.07, 6.45) is 0. The zero-order chi connectivity index (χ0) is 15.4. The number of rotatable bonds is 3. The fourth-order valence-electron chi connectivity index (χ4n) is 2.94. The lowest BCUT2D eigenvalue weighted by Gasteiger charge is -2.37. The molecule has 120 valence electrons. The minimum absolute atomic E-state index is 0.229. The standard InChI is InChI=1S/C16H22ClN3O2/c17-14-2-1-3-15(12-14)19-4-6-20(7-5-19)16(21)13-18-8-10-22-11-9-18/h1-3,12H,4-11,13H2. The van der Waals surface area contributed by atoms with E-state index in [0.717, 1.165) is 63.2 Å². The van der Waals surface area contributed by atoms with Gasteiger partial charge in [0.1, 0.15) is 0 Å². The molecule has 0 atom stereocenters. The van der Waals surface area contributed by atoms with Crippen molar-refractivity contribution < 1.29 is 9.53 Å². The average Bonchev–Trinajstić information content (AvgIpc) is 2.56. The smallest absolute Gasteiger partial charge is 0.236 e. The second-order valence-corrected chi connectivity index (χ2v) is 6.17. The third kappa shape index (κ3) is 3.91. The summed E-state index contributed by atoms with van der Waals surface area (Å²) in [4.78, 5) is 18.8. The van der Waals surface area contributed by atoms with Gasteiger partial charge in [-0.25, -0.2) is 0 Å². The van der Waals surface area contributed by atoms with E-state index >= 15 is 0 Å². The molecule has 0 radical (unpaired) electrons. The van der Waals surface area contributed by atoms with Crippen molar-refractivity contribution in [2.24, 2.45) is 0 Å². The van der Waals surface area contributed by atoms with Crippen LogP contribution in [0, 0.1) is 0 Å². The molecule has 2 fully saturated rings. The second kappa shape index (κ2) is 7.31. The Morgan fingerprint density at radius 1 is 1.09 bits per heavy atom. The van der Waals surface area contributed by atoms with E-state index in [9.17, 15) is 4.79 Å². The lowest BCUT2D eigenvalue weighted by atomic mass is 10.2. The molecular weight excluding hydrogens is 302 g/mol. The van der Waals surface area contributed by atoms with E-state index in [1.807, 2.05) is 23.1 Å². The molecule has 3 rings (SSSR count). The largest absolute Gasteiger partial charge is 0.379 e. The molecule has 0 spiro atoms. The maximum absolute atomic E-state index is 12.4. The Morgan fingerprint density at radius 2 is 1.82 bits per heavy atom. The summed E-state index contributed by atoms with van der Waals surface area (Å²) in [6.45, 7) is 6.95. The van der Waals surface area contributed by atoms with Crippen LogP contribution in [0.2, 0.25) is 5.02 Å². The minimum atomic E-state index is 0.229. The molecule has 1 aromatic carbocycles. The minimum Gasteiger partial charge on any atom is -0.379 e. The molecule has 0 saturated carbocycles. The molecule has 0 aliphatic carbocycles. The number of hydrogen-bond donors (Lipinski definition) is 0. The summed E-state index contributed by atoms with van der Waals surface area (Å²) >= 11 is 6.04. The maximum Gasteiger partial charge on any atom is 0.236 e. The van der Waals surface area contributed by atoms with Gasteiger partial charge in [-0.15, -0.1) is 0 Å². The van der Waals surface area contributed by atoms with Gasteiger partial charge in [-0.2, -0.15) is 0 Å². The van der Waals surface area contributed by atoms with Gasteiger partial charge in [-0.1, -0.05) is 17.7 Å². The monoisotopic (exact) mass is 323 g/mol. The van der Waals surface area contributed by atoms with Crippen molar-refractivity contribution in [1.82, 2.24) is 9.80 Å². The van der Waals surface area contributed by atoms with E-state index < -0.39 is 0 Å². The fourth-order valence-corrected chi connectivity index (χ4v) is 3.12. The van der Waals surface area contributed by atoms with Crippen molar-refractivity contribution in [2.45, 2.75) is 0 Å². The lowest BCUT2D eigenvalue weighted by Crippen LogP contribution is -2.52. The van der Waals surface area contributed by atoms with E-state index in [4.69, 9.17) is 16.3 Å². The summed E-state index contributed by atoms with van der Waals surface area (Å²) in [7, 11) is 0. The zero-order valence-electron chi connectivity index (χ0n) is 12.7. The van der Waals surface area contributed by atoms with E-state index in [1.54, 1.807) is 0 Å². The highest BCUT2D eigenvalue weighted by Crippen LogP contribution is 2.20. The van der Waals surface area contributed by atoms with Crippen LogP contribution < -0.4 is 4.90 Å². The van der Waals surface area contributed by atoms with Crippen LogP contribution >= 0.6 is 11.6 Å². The molecule has 6 heteroatoms. The van der Waals surface area contributed by atoms with Crippen molar-refractivity contribution in [3.63, 3.8) is 0 Å². The average molecular weight is 324 g/mol. The first-order valence-electron chi connectivity index (χ1n) is 7.81. The number of morpholine rings is 1. The van der Waals surface area contributed by atoms with Gasteiger partial charge in [-0.3, -0.25) is 9.69 Å². The van der Waals surface area contributed by atoms with E-state index in [-0.39, 0.29) is 5.91 Å². The highest BCUT2D eigenvalue weighted by molar-refractivity contribution is 6.30. The number of carbonyl (C=O) groups excluding carboxylic acids is 1.